The minimum atomic E-state index is -1.19. The van der Waals surface area contributed by atoms with Crippen molar-refractivity contribution in [2.24, 2.45) is 0 Å². The molecule has 3 aromatic rings. The molecule has 0 amide bonds. The molecule has 1 aromatic heterocycles. The minimum Gasteiger partial charge on any atom is -0.379 e. The number of halogens is 3. The van der Waals surface area contributed by atoms with E-state index in [0.29, 0.717) is 11.8 Å². The Labute approximate surface area is 119 Å². The van der Waals surface area contributed by atoms with E-state index in [2.05, 4.69) is 10.3 Å². The van der Waals surface area contributed by atoms with Crippen LogP contribution in [0, 0.1) is 17.5 Å². The summed E-state index contributed by atoms with van der Waals surface area (Å²) in [4.78, 5) is 4.26. The highest BCUT2D eigenvalue weighted by Crippen LogP contribution is 2.22. The van der Waals surface area contributed by atoms with Crippen LogP contribution in [0.3, 0.4) is 0 Å². The van der Waals surface area contributed by atoms with Crippen LogP contribution in [0.15, 0.2) is 48.7 Å². The molecular weight excluding hydrogens is 277 g/mol. The first kappa shape index (κ1) is 13.4. The maximum atomic E-state index is 13.6. The van der Waals surface area contributed by atoms with E-state index in [0.717, 1.165) is 17.0 Å². The van der Waals surface area contributed by atoms with Gasteiger partial charge in [-0.15, -0.1) is 0 Å². The lowest BCUT2D eigenvalue weighted by molar-refractivity contribution is 0.490. The van der Waals surface area contributed by atoms with Gasteiger partial charge in [0.05, 0.1) is 11.2 Å². The van der Waals surface area contributed by atoms with Crippen LogP contribution >= 0.6 is 0 Å². The summed E-state index contributed by atoms with van der Waals surface area (Å²) in [7, 11) is 0. The van der Waals surface area contributed by atoms with Crippen molar-refractivity contribution in [3.05, 3.63) is 71.7 Å². The molecule has 2 nitrogen and oxygen atoms in total. The quantitative estimate of drug-likeness (QED) is 0.728. The van der Waals surface area contributed by atoms with Crippen LogP contribution in [-0.4, -0.2) is 4.98 Å². The molecule has 3 rings (SSSR count). The summed E-state index contributed by atoms with van der Waals surface area (Å²) in [5.41, 5.74) is 1.50. The largest absolute Gasteiger partial charge is 0.379 e. The van der Waals surface area contributed by atoms with E-state index < -0.39 is 17.5 Å². The van der Waals surface area contributed by atoms with Crippen LogP contribution in [0.25, 0.3) is 10.9 Å². The van der Waals surface area contributed by atoms with E-state index in [1.54, 1.807) is 12.3 Å². The molecule has 0 fully saturated rings. The first-order valence-electron chi connectivity index (χ1n) is 6.36. The number of benzene rings is 2. The summed E-state index contributed by atoms with van der Waals surface area (Å²) in [5, 5.41) is 3.94. The predicted octanol–water partition coefficient (Wildman–Crippen LogP) is 4.26. The fourth-order valence-corrected chi connectivity index (χ4v) is 2.14. The second kappa shape index (κ2) is 5.44. The molecule has 0 spiro atoms. The Morgan fingerprint density at radius 3 is 2.52 bits per heavy atom. The molecule has 0 saturated heterocycles. The van der Waals surface area contributed by atoms with Gasteiger partial charge in [0.25, 0.3) is 0 Å². The summed E-state index contributed by atoms with van der Waals surface area (Å²) in [6.45, 7) is 0.0404. The van der Waals surface area contributed by atoms with E-state index in [9.17, 15) is 13.2 Å². The normalized spacial score (nSPS) is 10.8. The van der Waals surface area contributed by atoms with E-state index in [1.165, 1.54) is 0 Å². The Bertz CT molecular complexity index is 797. The van der Waals surface area contributed by atoms with Gasteiger partial charge in [-0.3, -0.25) is 4.98 Å². The lowest BCUT2D eigenvalue weighted by Gasteiger charge is -2.10. The van der Waals surface area contributed by atoms with Gasteiger partial charge in [-0.1, -0.05) is 18.2 Å². The number of hydrogen-bond donors (Lipinski definition) is 1. The monoisotopic (exact) mass is 288 g/mol. The fraction of sp³-hybridized carbons (Fsp3) is 0.0625. The van der Waals surface area contributed by atoms with E-state index >= 15 is 0 Å². The molecule has 21 heavy (non-hydrogen) atoms. The second-order valence-electron chi connectivity index (χ2n) is 4.59. The van der Waals surface area contributed by atoms with E-state index in [4.69, 9.17) is 0 Å². The van der Waals surface area contributed by atoms with E-state index in [-0.39, 0.29) is 12.1 Å². The molecule has 0 saturated carbocycles. The zero-order valence-corrected chi connectivity index (χ0v) is 10.9. The van der Waals surface area contributed by atoms with Crippen LogP contribution in [0.1, 0.15) is 5.56 Å². The Morgan fingerprint density at radius 1 is 0.905 bits per heavy atom. The highest BCUT2D eigenvalue weighted by Gasteiger charge is 2.10. The Balaban J connectivity index is 1.89. The topological polar surface area (TPSA) is 24.9 Å². The third-order valence-corrected chi connectivity index (χ3v) is 3.19. The van der Waals surface area contributed by atoms with Crippen LogP contribution in [-0.2, 0) is 6.54 Å². The lowest BCUT2D eigenvalue weighted by atomic mass is 10.1. The zero-order valence-electron chi connectivity index (χ0n) is 10.9. The summed E-state index contributed by atoms with van der Waals surface area (Å²) < 4.78 is 39.6. The minimum absolute atomic E-state index is 0.0404. The Kier molecular flexibility index (Phi) is 3.48. The molecule has 5 heteroatoms. The Hall–Kier alpha value is -2.56. The average Bonchev–Trinajstić information content (AvgIpc) is 2.49. The van der Waals surface area contributed by atoms with Gasteiger partial charge < -0.3 is 5.32 Å². The number of aromatic nitrogens is 1. The highest BCUT2D eigenvalue weighted by atomic mass is 19.2. The number of rotatable bonds is 3. The van der Waals surface area contributed by atoms with Crippen molar-refractivity contribution in [2.75, 3.05) is 5.32 Å². The van der Waals surface area contributed by atoms with Crippen LogP contribution in [0.4, 0.5) is 18.9 Å². The molecule has 2 aromatic carbocycles. The third-order valence-electron chi connectivity index (χ3n) is 3.19. The van der Waals surface area contributed by atoms with Crippen LogP contribution < -0.4 is 5.32 Å². The Morgan fingerprint density at radius 2 is 1.67 bits per heavy atom. The van der Waals surface area contributed by atoms with E-state index in [1.807, 2.05) is 24.3 Å². The molecule has 0 aliphatic carbocycles. The highest BCUT2D eigenvalue weighted by molar-refractivity contribution is 5.90. The lowest BCUT2D eigenvalue weighted by Crippen LogP contribution is -2.04. The summed E-state index contributed by atoms with van der Waals surface area (Å²) in [6.07, 6.45) is 1.66. The van der Waals surface area contributed by atoms with Gasteiger partial charge in [-0.05, 0) is 18.2 Å². The SMILES string of the molecule is Fc1cc(F)c(CNc2cccc3cccnc23)cc1F. The first-order chi connectivity index (χ1) is 10.1. The summed E-state index contributed by atoms with van der Waals surface area (Å²) in [6, 6.07) is 10.7. The van der Waals surface area contributed by atoms with Gasteiger partial charge in [0.1, 0.15) is 5.82 Å². The van der Waals surface area contributed by atoms with Crippen LogP contribution in [0.2, 0.25) is 0 Å². The number of hydrogen-bond acceptors (Lipinski definition) is 2. The van der Waals surface area contributed by atoms with Crippen molar-refractivity contribution in [2.45, 2.75) is 6.54 Å². The van der Waals surface area contributed by atoms with Crippen molar-refractivity contribution in [3.63, 3.8) is 0 Å². The van der Waals surface area contributed by atoms with Crippen molar-refractivity contribution in [1.29, 1.82) is 0 Å². The molecule has 0 aliphatic heterocycles. The number of nitrogens with one attached hydrogen (secondary N) is 1. The predicted molar refractivity (Wildman–Crippen MR) is 75.4 cm³/mol. The zero-order chi connectivity index (χ0) is 14.8. The van der Waals surface area contributed by atoms with Gasteiger partial charge in [-0.2, -0.15) is 0 Å². The number of anilines is 1. The number of nitrogens with zero attached hydrogens (tertiary/aromatic N) is 1. The van der Waals surface area contributed by atoms with Crippen LogP contribution in [0.5, 0.6) is 0 Å². The summed E-state index contributed by atoms with van der Waals surface area (Å²) in [5.74, 6) is -3.04. The molecule has 106 valence electrons. The first-order valence-corrected chi connectivity index (χ1v) is 6.36. The maximum absolute atomic E-state index is 13.6. The van der Waals surface area contributed by atoms with Crippen molar-refractivity contribution in [3.8, 4) is 0 Å². The third kappa shape index (κ3) is 2.67. The molecule has 1 heterocycles. The second-order valence-corrected chi connectivity index (χ2v) is 4.59. The van der Waals surface area contributed by atoms with Gasteiger partial charge in [-0.25, -0.2) is 13.2 Å². The average molecular weight is 288 g/mol. The molecule has 0 unspecified atom stereocenters. The molecule has 0 bridgehead atoms. The van der Waals surface area contributed by atoms with Gasteiger partial charge in [0.2, 0.25) is 0 Å². The molecule has 0 radical (unpaired) electrons. The maximum Gasteiger partial charge on any atom is 0.161 e. The fourth-order valence-electron chi connectivity index (χ4n) is 2.14. The smallest absolute Gasteiger partial charge is 0.161 e. The molecule has 0 atom stereocenters. The molecular formula is C16H11F3N2. The van der Waals surface area contributed by atoms with Crippen molar-refractivity contribution >= 4 is 16.6 Å². The summed E-state index contributed by atoms with van der Waals surface area (Å²) >= 11 is 0. The number of fused-ring (bicyclic) bond motifs is 1. The molecule has 0 aliphatic rings. The molecule has 1 N–H and O–H groups in total. The number of pyridine rings is 1. The van der Waals surface area contributed by atoms with Gasteiger partial charge in [0, 0.05) is 29.8 Å². The van der Waals surface area contributed by atoms with Crippen molar-refractivity contribution in [1.82, 2.24) is 4.98 Å². The van der Waals surface area contributed by atoms with Gasteiger partial charge in [0.15, 0.2) is 11.6 Å². The standard InChI is InChI=1S/C16H11F3N2/c17-12-8-14(19)13(18)7-11(12)9-21-15-5-1-3-10-4-2-6-20-16(10)15/h1-8,21H,9H2. The number of para-hydroxylation sites is 1. The van der Waals surface area contributed by atoms with Gasteiger partial charge >= 0.3 is 0 Å². The van der Waals surface area contributed by atoms with Crippen molar-refractivity contribution < 1.29 is 13.2 Å².